The number of unbranched alkanes of at least 4 members (excludes halogenated alkanes) is 5. The summed E-state index contributed by atoms with van der Waals surface area (Å²) >= 11 is 0. The van der Waals surface area contributed by atoms with Crippen LogP contribution in [-0.4, -0.2) is 14.1 Å². The molecule has 0 aliphatic carbocycles. The van der Waals surface area contributed by atoms with Crippen LogP contribution in [0, 0.1) is 0 Å². The maximum atomic E-state index is 2.33. The van der Waals surface area contributed by atoms with Crippen LogP contribution in [0.3, 0.4) is 0 Å². The smallest absolute Gasteiger partial charge is 0.135 e. The topological polar surface area (TPSA) is 0 Å². The molecule has 25 heavy (non-hydrogen) atoms. The molecule has 0 N–H and O–H groups in total. The fourth-order valence-electron chi connectivity index (χ4n) is 3.53. The second-order valence-electron chi connectivity index (χ2n) is 7.48. The Labute approximate surface area is 161 Å². The molecule has 0 aromatic heterocycles. The van der Waals surface area contributed by atoms with Crippen LogP contribution < -0.4 is 16.9 Å². The zero-order valence-corrected chi connectivity index (χ0v) is 16.9. The van der Waals surface area contributed by atoms with Crippen molar-refractivity contribution in [3.05, 3.63) is 65.7 Å². The normalized spacial score (nSPS) is 11.2. The van der Waals surface area contributed by atoms with Crippen LogP contribution in [0.15, 0.2) is 54.6 Å². The van der Waals surface area contributed by atoms with E-state index in [-0.39, 0.29) is 12.4 Å². The van der Waals surface area contributed by atoms with E-state index in [9.17, 15) is 0 Å². The van der Waals surface area contributed by atoms with Crippen LogP contribution in [0.2, 0.25) is 0 Å². The van der Waals surface area contributed by atoms with Gasteiger partial charge in [0.2, 0.25) is 0 Å². The van der Waals surface area contributed by atoms with Gasteiger partial charge in [-0.05, 0) is 18.9 Å². The van der Waals surface area contributed by atoms with Crippen molar-refractivity contribution in [3.63, 3.8) is 0 Å². The molecule has 2 rings (SSSR count). The van der Waals surface area contributed by atoms with Crippen LogP contribution in [-0.2, 0) is 13.0 Å². The SMILES string of the molecule is CCCCCCCCc1ccccc1[N+](C)(C)Cc1ccccc1.[Cl-]. The molecule has 138 valence electrons. The second kappa shape index (κ2) is 11.3. The minimum atomic E-state index is 0. The Morgan fingerprint density at radius 3 is 2.04 bits per heavy atom. The standard InChI is InChI=1S/C23H34N.ClH/c1-4-5-6-7-8-12-17-22-18-13-14-19-23(22)24(2,3)20-21-15-10-9-11-16-21;/h9-11,13-16,18-19H,4-8,12,17,20H2,1-3H3;1H/q+1;/p-1. The van der Waals surface area contributed by atoms with E-state index >= 15 is 0 Å². The van der Waals surface area contributed by atoms with Crippen molar-refractivity contribution in [1.82, 2.24) is 4.48 Å². The van der Waals surface area contributed by atoms with Crippen molar-refractivity contribution >= 4 is 5.69 Å². The molecule has 0 spiro atoms. The summed E-state index contributed by atoms with van der Waals surface area (Å²) < 4.78 is 0.913. The van der Waals surface area contributed by atoms with Gasteiger partial charge in [-0.15, -0.1) is 0 Å². The number of rotatable bonds is 10. The summed E-state index contributed by atoms with van der Waals surface area (Å²) in [6.45, 7) is 3.32. The van der Waals surface area contributed by atoms with Crippen molar-refractivity contribution in [1.29, 1.82) is 0 Å². The third-order valence-electron chi connectivity index (χ3n) is 4.86. The molecule has 2 aromatic carbocycles. The molecule has 0 bridgehead atoms. The Hall–Kier alpha value is -1.31. The second-order valence-corrected chi connectivity index (χ2v) is 7.48. The summed E-state index contributed by atoms with van der Waals surface area (Å²) in [6.07, 6.45) is 9.38. The van der Waals surface area contributed by atoms with Crippen molar-refractivity contribution in [2.75, 3.05) is 14.1 Å². The molecule has 0 fully saturated rings. The Morgan fingerprint density at radius 1 is 0.720 bits per heavy atom. The van der Waals surface area contributed by atoms with Crippen LogP contribution in [0.5, 0.6) is 0 Å². The summed E-state index contributed by atoms with van der Waals surface area (Å²) in [4.78, 5) is 0. The molecule has 1 nitrogen and oxygen atoms in total. The molecule has 0 saturated heterocycles. The van der Waals surface area contributed by atoms with Gasteiger partial charge in [-0.2, -0.15) is 0 Å². The summed E-state index contributed by atoms with van der Waals surface area (Å²) in [5, 5.41) is 0. The summed E-state index contributed by atoms with van der Waals surface area (Å²) in [6, 6.07) is 19.9. The third kappa shape index (κ3) is 7.22. The maximum Gasteiger partial charge on any atom is 0.135 e. The van der Waals surface area contributed by atoms with Gasteiger partial charge >= 0.3 is 0 Å². The van der Waals surface area contributed by atoms with Crippen LogP contribution in [0.4, 0.5) is 5.69 Å². The van der Waals surface area contributed by atoms with Gasteiger partial charge in [0.25, 0.3) is 0 Å². The van der Waals surface area contributed by atoms with E-state index < -0.39 is 0 Å². The summed E-state index contributed by atoms with van der Waals surface area (Å²) in [5.41, 5.74) is 4.39. The van der Waals surface area contributed by atoms with Crippen LogP contribution >= 0.6 is 0 Å². The molecule has 0 saturated carbocycles. The lowest BCUT2D eigenvalue weighted by atomic mass is 10.0. The highest BCUT2D eigenvalue weighted by molar-refractivity contribution is 5.50. The van der Waals surface area contributed by atoms with Gasteiger partial charge in [-0.3, -0.25) is 4.48 Å². The summed E-state index contributed by atoms with van der Waals surface area (Å²) in [5.74, 6) is 0. The Balaban J connectivity index is 0.00000312. The number of hydrogen-bond acceptors (Lipinski definition) is 0. The molecule has 0 aliphatic heterocycles. The van der Waals surface area contributed by atoms with Gasteiger partial charge < -0.3 is 12.4 Å². The van der Waals surface area contributed by atoms with Crippen LogP contribution in [0.1, 0.15) is 56.6 Å². The molecule has 2 aromatic rings. The van der Waals surface area contributed by atoms with Gasteiger partial charge in [0.15, 0.2) is 0 Å². The van der Waals surface area contributed by atoms with Crippen molar-refractivity contribution in [2.45, 2.75) is 58.4 Å². The molecule has 0 unspecified atom stereocenters. The molecule has 0 aliphatic rings. The van der Waals surface area contributed by atoms with Crippen molar-refractivity contribution in [3.8, 4) is 0 Å². The molecular formula is C23H34ClN. The number of nitrogens with zero attached hydrogens (tertiary/aromatic N) is 1. The first-order valence-electron chi connectivity index (χ1n) is 9.59. The molecule has 0 radical (unpaired) electrons. The highest BCUT2D eigenvalue weighted by Gasteiger charge is 2.22. The minimum absolute atomic E-state index is 0. The molecule has 0 atom stereocenters. The predicted molar refractivity (Wildman–Crippen MR) is 107 cm³/mol. The number of hydrogen-bond donors (Lipinski definition) is 0. The van der Waals surface area contributed by atoms with E-state index in [0.29, 0.717) is 0 Å². The average Bonchev–Trinajstić information content (AvgIpc) is 2.59. The van der Waals surface area contributed by atoms with Gasteiger partial charge in [0, 0.05) is 11.1 Å². The Morgan fingerprint density at radius 2 is 1.32 bits per heavy atom. The lowest BCUT2D eigenvalue weighted by Crippen LogP contribution is -3.00. The van der Waals surface area contributed by atoms with E-state index in [1.807, 2.05) is 0 Å². The molecule has 2 heteroatoms. The minimum Gasteiger partial charge on any atom is -1.00 e. The quantitative estimate of drug-likeness (QED) is 0.450. The van der Waals surface area contributed by atoms with E-state index in [1.165, 1.54) is 61.8 Å². The fraction of sp³-hybridized carbons (Fsp3) is 0.478. The number of quaternary nitrogens is 1. The van der Waals surface area contributed by atoms with E-state index in [0.717, 1.165) is 11.0 Å². The highest BCUT2D eigenvalue weighted by atomic mass is 35.5. The highest BCUT2D eigenvalue weighted by Crippen LogP contribution is 2.28. The number of benzene rings is 2. The first kappa shape index (κ1) is 21.7. The first-order chi connectivity index (χ1) is 11.6. The predicted octanol–water partition coefficient (Wildman–Crippen LogP) is 3.36. The van der Waals surface area contributed by atoms with E-state index in [2.05, 4.69) is 75.6 Å². The molecule has 0 amide bonds. The Kier molecular flexibility index (Phi) is 9.85. The van der Waals surface area contributed by atoms with Gasteiger partial charge in [0.05, 0.1) is 14.1 Å². The third-order valence-corrected chi connectivity index (χ3v) is 4.86. The van der Waals surface area contributed by atoms with E-state index in [4.69, 9.17) is 0 Å². The van der Waals surface area contributed by atoms with Gasteiger partial charge in [0.1, 0.15) is 12.2 Å². The number of halogens is 1. The number of aryl methyl sites for hydroxylation is 1. The first-order valence-corrected chi connectivity index (χ1v) is 9.59. The maximum absolute atomic E-state index is 2.33. The summed E-state index contributed by atoms with van der Waals surface area (Å²) in [7, 11) is 4.65. The largest absolute Gasteiger partial charge is 1.00 e. The van der Waals surface area contributed by atoms with Gasteiger partial charge in [-0.25, -0.2) is 0 Å². The van der Waals surface area contributed by atoms with Crippen molar-refractivity contribution in [2.24, 2.45) is 0 Å². The zero-order valence-electron chi connectivity index (χ0n) is 16.2. The lowest BCUT2D eigenvalue weighted by molar-refractivity contribution is -0.00000533. The number of para-hydroxylation sites is 1. The van der Waals surface area contributed by atoms with Crippen molar-refractivity contribution < 1.29 is 12.4 Å². The zero-order chi connectivity index (χ0) is 17.3. The lowest BCUT2D eigenvalue weighted by Gasteiger charge is -2.31. The molecular weight excluding hydrogens is 326 g/mol. The Bertz CT molecular complexity index is 592. The van der Waals surface area contributed by atoms with Gasteiger partial charge in [-0.1, -0.05) is 87.6 Å². The fourth-order valence-corrected chi connectivity index (χ4v) is 3.53. The molecule has 0 heterocycles. The monoisotopic (exact) mass is 359 g/mol. The van der Waals surface area contributed by atoms with E-state index in [1.54, 1.807) is 0 Å². The average molecular weight is 360 g/mol. The van der Waals surface area contributed by atoms with Crippen LogP contribution in [0.25, 0.3) is 0 Å².